The molecule has 0 aliphatic rings. The molecule has 0 saturated heterocycles. The van der Waals surface area contributed by atoms with E-state index in [1.165, 1.54) is 0 Å². The first-order valence-electron chi connectivity index (χ1n) is 7.64. The van der Waals surface area contributed by atoms with Crippen LogP contribution in [0, 0.1) is 0 Å². The van der Waals surface area contributed by atoms with Gasteiger partial charge in [-0.2, -0.15) is 0 Å². The van der Waals surface area contributed by atoms with E-state index in [4.69, 9.17) is 0 Å². The van der Waals surface area contributed by atoms with Gasteiger partial charge < -0.3 is 5.32 Å². The van der Waals surface area contributed by atoms with Crippen molar-refractivity contribution in [3.05, 3.63) is 48.6 Å². The molecule has 0 aliphatic heterocycles. The fourth-order valence-electron chi connectivity index (χ4n) is 1.46. The summed E-state index contributed by atoms with van der Waals surface area (Å²) >= 11 is 0. The number of hydrogen-bond acceptors (Lipinski definition) is 1. The van der Waals surface area contributed by atoms with Gasteiger partial charge in [0.05, 0.1) is 0 Å². The molecule has 0 radical (unpaired) electrons. The molecule has 2 nitrogen and oxygen atoms in total. The van der Waals surface area contributed by atoms with E-state index in [1.54, 1.807) is 12.2 Å². The summed E-state index contributed by atoms with van der Waals surface area (Å²) in [5, 5.41) is 2.89. The molecule has 0 aliphatic carbocycles. The zero-order valence-electron chi connectivity index (χ0n) is 13.1. The summed E-state index contributed by atoms with van der Waals surface area (Å²) < 4.78 is 0. The van der Waals surface area contributed by atoms with Crippen LogP contribution < -0.4 is 5.32 Å². The Morgan fingerprint density at radius 3 is 2.40 bits per heavy atom. The highest BCUT2D eigenvalue weighted by atomic mass is 16.1. The lowest BCUT2D eigenvalue weighted by Crippen LogP contribution is -2.30. The SMILES string of the molecule is CC/C=C/C/C=C\CC/C=C/C=C/C(=O)N[C@@H](C)CC. The van der Waals surface area contributed by atoms with Crippen molar-refractivity contribution in [1.82, 2.24) is 5.32 Å². The third-order valence-corrected chi connectivity index (χ3v) is 2.84. The van der Waals surface area contributed by atoms with Crippen LogP contribution >= 0.6 is 0 Å². The van der Waals surface area contributed by atoms with Gasteiger partial charge in [0.2, 0.25) is 5.91 Å². The Morgan fingerprint density at radius 1 is 1.00 bits per heavy atom. The first-order valence-corrected chi connectivity index (χ1v) is 7.64. The van der Waals surface area contributed by atoms with Gasteiger partial charge in [0.15, 0.2) is 0 Å². The van der Waals surface area contributed by atoms with Crippen molar-refractivity contribution in [3.63, 3.8) is 0 Å². The second kappa shape index (κ2) is 13.9. The normalized spacial score (nSPS) is 13.9. The smallest absolute Gasteiger partial charge is 0.244 e. The lowest BCUT2D eigenvalue weighted by atomic mass is 10.2. The maximum Gasteiger partial charge on any atom is 0.244 e. The molecule has 0 aromatic heterocycles. The average Bonchev–Trinajstić information content (AvgIpc) is 2.44. The van der Waals surface area contributed by atoms with Gasteiger partial charge in [-0.15, -0.1) is 0 Å². The van der Waals surface area contributed by atoms with Crippen LogP contribution in [0.3, 0.4) is 0 Å². The quantitative estimate of drug-likeness (QED) is 0.266. The molecule has 0 aromatic carbocycles. The van der Waals surface area contributed by atoms with Crippen molar-refractivity contribution in [3.8, 4) is 0 Å². The topological polar surface area (TPSA) is 29.1 Å². The van der Waals surface area contributed by atoms with Crippen molar-refractivity contribution in [2.75, 3.05) is 0 Å². The molecule has 2 heteroatoms. The van der Waals surface area contributed by atoms with Crippen LogP contribution in [0.5, 0.6) is 0 Å². The van der Waals surface area contributed by atoms with Gasteiger partial charge in [-0.3, -0.25) is 4.79 Å². The predicted molar refractivity (Wildman–Crippen MR) is 88.6 cm³/mol. The van der Waals surface area contributed by atoms with Crippen molar-refractivity contribution >= 4 is 5.91 Å². The molecule has 0 aromatic rings. The standard InChI is InChI=1S/C18H29NO/c1-4-6-7-8-9-10-11-12-13-14-15-16-18(20)19-17(3)5-2/h6-7,9-10,13-17H,4-5,8,11-12H2,1-3H3,(H,19,20)/b7-6+,10-9-,14-13+,16-15+/t17-/m0/s1. The molecule has 0 rings (SSSR count). The third-order valence-electron chi connectivity index (χ3n) is 2.84. The first-order chi connectivity index (χ1) is 9.70. The minimum Gasteiger partial charge on any atom is -0.350 e. The first kappa shape index (κ1) is 18.4. The van der Waals surface area contributed by atoms with Crippen molar-refractivity contribution in [2.45, 2.75) is 58.9 Å². The summed E-state index contributed by atoms with van der Waals surface area (Å²) in [6.07, 6.45) is 21.3. The van der Waals surface area contributed by atoms with Gasteiger partial charge >= 0.3 is 0 Å². The molecule has 1 atom stereocenters. The molecule has 0 saturated carbocycles. The van der Waals surface area contributed by atoms with E-state index in [9.17, 15) is 4.79 Å². The van der Waals surface area contributed by atoms with E-state index in [0.717, 1.165) is 32.1 Å². The summed E-state index contributed by atoms with van der Waals surface area (Å²) in [6.45, 7) is 6.20. The summed E-state index contributed by atoms with van der Waals surface area (Å²) in [5.41, 5.74) is 0. The highest BCUT2D eigenvalue weighted by molar-refractivity contribution is 5.87. The number of nitrogens with one attached hydrogen (secondary N) is 1. The Kier molecular flexibility index (Phi) is 12.8. The van der Waals surface area contributed by atoms with Crippen LogP contribution in [0.1, 0.15) is 52.9 Å². The maximum atomic E-state index is 11.4. The van der Waals surface area contributed by atoms with Crippen LogP contribution in [0.4, 0.5) is 0 Å². The molecule has 20 heavy (non-hydrogen) atoms. The molecule has 1 N–H and O–H groups in total. The van der Waals surface area contributed by atoms with E-state index in [2.05, 4.69) is 49.5 Å². The van der Waals surface area contributed by atoms with Gasteiger partial charge in [-0.25, -0.2) is 0 Å². The number of rotatable bonds is 10. The number of allylic oxidation sites excluding steroid dienone is 7. The van der Waals surface area contributed by atoms with Crippen molar-refractivity contribution < 1.29 is 4.79 Å². The van der Waals surface area contributed by atoms with E-state index in [-0.39, 0.29) is 11.9 Å². The largest absolute Gasteiger partial charge is 0.350 e. The van der Waals surface area contributed by atoms with E-state index < -0.39 is 0 Å². The minimum absolute atomic E-state index is 0.0217. The van der Waals surface area contributed by atoms with Crippen LogP contribution in [-0.2, 0) is 4.79 Å². The Labute approximate surface area is 124 Å². The highest BCUT2D eigenvalue weighted by Crippen LogP contribution is 1.96. The summed E-state index contributed by atoms with van der Waals surface area (Å²) in [4.78, 5) is 11.4. The molecule has 112 valence electrons. The Morgan fingerprint density at radius 2 is 1.70 bits per heavy atom. The number of hydrogen-bond donors (Lipinski definition) is 1. The summed E-state index contributed by atoms with van der Waals surface area (Å²) in [6, 6.07) is 0.239. The summed E-state index contributed by atoms with van der Waals surface area (Å²) in [5.74, 6) is -0.0217. The van der Waals surface area contributed by atoms with Gasteiger partial charge in [0, 0.05) is 12.1 Å². The third kappa shape index (κ3) is 12.9. The number of unbranched alkanes of at least 4 members (excludes halogenated alkanes) is 1. The van der Waals surface area contributed by atoms with Crippen molar-refractivity contribution in [2.24, 2.45) is 0 Å². The molecular formula is C18H29NO. The summed E-state index contributed by atoms with van der Waals surface area (Å²) in [7, 11) is 0. The second-order valence-electron chi connectivity index (χ2n) is 4.77. The Bertz CT molecular complexity index is 350. The molecule has 0 heterocycles. The molecule has 0 fully saturated rings. The molecular weight excluding hydrogens is 246 g/mol. The van der Waals surface area contributed by atoms with Crippen LogP contribution in [0.2, 0.25) is 0 Å². The number of carbonyl (C=O) groups excluding carboxylic acids is 1. The zero-order chi connectivity index (χ0) is 15.1. The highest BCUT2D eigenvalue weighted by Gasteiger charge is 1.99. The van der Waals surface area contributed by atoms with Gasteiger partial charge in [0.1, 0.15) is 0 Å². The van der Waals surface area contributed by atoms with Crippen LogP contribution in [0.25, 0.3) is 0 Å². The molecule has 0 unspecified atom stereocenters. The zero-order valence-corrected chi connectivity index (χ0v) is 13.1. The number of amides is 1. The van der Waals surface area contributed by atoms with E-state index >= 15 is 0 Å². The Balaban J connectivity index is 3.65. The lowest BCUT2D eigenvalue weighted by Gasteiger charge is -2.07. The monoisotopic (exact) mass is 275 g/mol. The molecule has 1 amide bonds. The lowest BCUT2D eigenvalue weighted by molar-refractivity contribution is -0.117. The molecule has 0 bridgehead atoms. The van der Waals surface area contributed by atoms with E-state index in [1.807, 2.05) is 13.0 Å². The number of carbonyl (C=O) groups is 1. The fourth-order valence-corrected chi connectivity index (χ4v) is 1.46. The Hall–Kier alpha value is -1.57. The van der Waals surface area contributed by atoms with Gasteiger partial charge in [-0.1, -0.05) is 56.4 Å². The van der Waals surface area contributed by atoms with Gasteiger partial charge in [-0.05, 0) is 39.0 Å². The minimum atomic E-state index is -0.0217. The maximum absolute atomic E-state index is 11.4. The van der Waals surface area contributed by atoms with Gasteiger partial charge in [0.25, 0.3) is 0 Å². The predicted octanol–water partition coefficient (Wildman–Crippen LogP) is 4.71. The van der Waals surface area contributed by atoms with Crippen LogP contribution in [-0.4, -0.2) is 11.9 Å². The van der Waals surface area contributed by atoms with E-state index in [0.29, 0.717) is 0 Å². The molecule has 0 spiro atoms. The second-order valence-corrected chi connectivity index (χ2v) is 4.77. The van der Waals surface area contributed by atoms with Crippen LogP contribution in [0.15, 0.2) is 48.6 Å². The fraction of sp³-hybridized carbons (Fsp3) is 0.500. The average molecular weight is 275 g/mol. The van der Waals surface area contributed by atoms with Crippen molar-refractivity contribution in [1.29, 1.82) is 0 Å².